The summed E-state index contributed by atoms with van der Waals surface area (Å²) in [4.78, 5) is 28.6. The van der Waals surface area contributed by atoms with Gasteiger partial charge < -0.3 is 15.5 Å². The van der Waals surface area contributed by atoms with Gasteiger partial charge in [-0.1, -0.05) is 30.3 Å². The molecule has 0 aromatic heterocycles. The van der Waals surface area contributed by atoms with Crippen LogP contribution in [0.1, 0.15) is 12.0 Å². The highest BCUT2D eigenvalue weighted by atomic mass is 19.1. The van der Waals surface area contributed by atoms with Crippen LogP contribution in [0.15, 0.2) is 72.8 Å². The molecule has 1 aliphatic rings. The fourth-order valence-electron chi connectivity index (χ4n) is 3.64. The Kier molecular flexibility index (Phi) is 6.30. The topological polar surface area (TPSA) is 64.7 Å². The molecular weight excluding hydrogens is 414 g/mol. The van der Waals surface area contributed by atoms with Gasteiger partial charge >= 0.3 is 12.1 Å². The quantitative estimate of drug-likeness (QED) is 0.559. The van der Waals surface area contributed by atoms with E-state index in [1.807, 2.05) is 18.2 Å². The Balaban J connectivity index is 1.51. The third kappa shape index (κ3) is 4.85. The summed E-state index contributed by atoms with van der Waals surface area (Å²) in [7, 11) is 0. The molecule has 32 heavy (non-hydrogen) atoms. The van der Waals surface area contributed by atoms with Crippen molar-refractivity contribution in [3.63, 3.8) is 0 Å². The number of nitrogens with one attached hydrogen (secondary N) is 2. The van der Waals surface area contributed by atoms with E-state index in [0.29, 0.717) is 36.6 Å². The van der Waals surface area contributed by atoms with Crippen molar-refractivity contribution in [2.24, 2.45) is 0 Å². The lowest BCUT2D eigenvalue weighted by molar-refractivity contribution is 0.191. The van der Waals surface area contributed by atoms with Crippen LogP contribution in [0.2, 0.25) is 0 Å². The molecular formula is C24H22F2N4O2. The summed E-state index contributed by atoms with van der Waals surface area (Å²) < 4.78 is 27.6. The van der Waals surface area contributed by atoms with Gasteiger partial charge in [0.25, 0.3) is 0 Å². The molecule has 164 valence electrons. The number of urea groups is 2. The van der Waals surface area contributed by atoms with Crippen LogP contribution in [0.4, 0.5) is 35.4 Å². The van der Waals surface area contributed by atoms with Crippen LogP contribution in [-0.4, -0.2) is 30.1 Å². The monoisotopic (exact) mass is 436 g/mol. The first-order valence-electron chi connectivity index (χ1n) is 10.2. The Morgan fingerprint density at radius 2 is 1.66 bits per heavy atom. The van der Waals surface area contributed by atoms with Gasteiger partial charge in [0.05, 0.1) is 17.9 Å². The Labute approximate surface area is 184 Å². The van der Waals surface area contributed by atoms with Crippen molar-refractivity contribution in [2.45, 2.75) is 13.0 Å². The van der Waals surface area contributed by atoms with Gasteiger partial charge in [0, 0.05) is 24.3 Å². The Morgan fingerprint density at radius 3 is 2.47 bits per heavy atom. The fourth-order valence-corrected chi connectivity index (χ4v) is 3.64. The first-order valence-corrected chi connectivity index (χ1v) is 10.2. The molecule has 1 aliphatic heterocycles. The zero-order chi connectivity index (χ0) is 22.5. The molecule has 0 unspecified atom stereocenters. The average molecular weight is 436 g/mol. The first-order chi connectivity index (χ1) is 15.5. The molecule has 3 aromatic carbocycles. The van der Waals surface area contributed by atoms with Gasteiger partial charge in [-0.05, 0) is 48.9 Å². The van der Waals surface area contributed by atoms with Gasteiger partial charge in [0.2, 0.25) is 0 Å². The number of nitrogens with zero attached hydrogens (tertiary/aromatic N) is 2. The molecule has 0 radical (unpaired) electrons. The molecule has 8 heteroatoms. The van der Waals surface area contributed by atoms with Gasteiger partial charge in [-0.15, -0.1) is 0 Å². The van der Waals surface area contributed by atoms with Crippen molar-refractivity contribution in [2.75, 3.05) is 28.6 Å². The lowest BCUT2D eigenvalue weighted by Crippen LogP contribution is -2.49. The van der Waals surface area contributed by atoms with Crippen LogP contribution < -0.4 is 15.5 Å². The highest BCUT2D eigenvalue weighted by molar-refractivity contribution is 6.04. The molecule has 2 N–H and O–H groups in total. The first kappa shape index (κ1) is 21.3. The predicted octanol–water partition coefficient (Wildman–Crippen LogP) is 5.44. The number of amides is 4. The number of carbonyl (C=O) groups is 2. The maximum absolute atomic E-state index is 14.1. The molecule has 6 nitrogen and oxygen atoms in total. The SMILES string of the molecule is O=C(Nc1ccccc1)Nc1ccccc1N1CCCN(Cc2cc(F)ccc2F)C1=O. The number of rotatable bonds is 5. The van der Waals surface area contributed by atoms with Gasteiger partial charge in [-0.3, -0.25) is 4.90 Å². The maximum Gasteiger partial charge on any atom is 0.324 e. The summed E-state index contributed by atoms with van der Waals surface area (Å²) in [6, 6.07) is 18.4. The Hall–Kier alpha value is -3.94. The van der Waals surface area contributed by atoms with Crippen LogP contribution in [-0.2, 0) is 6.54 Å². The van der Waals surface area contributed by atoms with Crippen LogP contribution >= 0.6 is 0 Å². The summed E-state index contributed by atoms with van der Waals surface area (Å²) in [5, 5.41) is 5.53. The van der Waals surface area contributed by atoms with E-state index >= 15 is 0 Å². The zero-order valence-corrected chi connectivity index (χ0v) is 17.2. The van der Waals surface area contributed by atoms with Gasteiger partial charge in [0.1, 0.15) is 11.6 Å². The minimum atomic E-state index is -0.559. The number of para-hydroxylation sites is 3. The summed E-state index contributed by atoms with van der Waals surface area (Å²) in [6.07, 6.45) is 0.646. The van der Waals surface area contributed by atoms with Crippen molar-refractivity contribution in [3.8, 4) is 0 Å². The molecule has 1 fully saturated rings. The number of hydrogen-bond donors (Lipinski definition) is 2. The minimum absolute atomic E-state index is 0.0387. The highest BCUT2D eigenvalue weighted by Crippen LogP contribution is 2.29. The van der Waals surface area contributed by atoms with E-state index in [4.69, 9.17) is 0 Å². The largest absolute Gasteiger partial charge is 0.324 e. The van der Waals surface area contributed by atoms with Crippen molar-refractivity contribution >= 4 is 29.1 Å². The number of halogens is 2. The van der Waals surface area contributed by atoms with Crippen molar-refractivity contribution in [3.05, 3.63) is 90.0 Å². The highest BCUT2D eigenvalue weighted by Gasteiger charge is 2.29. The fraction of sp³-hybridized carbons (Fsp3) is 0.167. The van der Waals surface area contributed by atoms with Crippen LogP contribution in [0.25, 0.3) is 0 Å². The average Bonchev–Trinajstić information content (AvgIpc) is 2.79. The van der Waals surface area contributed by atoms with Crippen molar-refractivity contribution < 1.29 is 18.4 Å². The number of carbonyl (C=O) groups excluding carboxylic acids is 2. The van der Waals surface area contributed by atoms with E-state index in [-0.39, 0.29) is 18.1 Å². The van der Waals surface area contributed by atoms with Crippen molar-refractivity contribution in [1.29, 1.82) is 0 Å². The summed E-state index contributed by atoms with van der Waals surface area (Å²) in [6.45, 7) is 0.832. The van der Waals surface area contributed by atoms with Gasteiger partial charge in [0.15, 0.2) is 0 Å². The van der Waals surface area contributed by atoms with Crippen molar-refractivity contribution in [1.82, 2.24) is 4.90 Å². The van der Waals surface area contributed by atoms with E-state index < -0.39 is 17.7 Å². The summed E-state index contributed by atoms with van der Waals surface area (Å²) in [5.41, 5.74) is 1.76. The van der Waals surface area contributed by atoms with E-state index in [1.165, 1.54) is 4.90 Å². The smallest absolute Gasteiger partial charge is 0.320 e. The molecule has 0 spiro atoms. The normalized spacial score (nSPS) is 13.8. The van der Waals surface area contributed by atoms with E-state index in [0.717, 1.165) is 18.2 Å². The second-order valence-electron chi connectivity index (χ2n) is 7.41. The number of hydrogen-bond acceptors (Lipinski definition) is 2. The Bertz CT molecular complexity index is 1120. The zero-order valence-electron chi connectivity index (χ0n) is 17.2. The third-order valence-electron chi connectivity index (χ3n) is 5.15. The summed E-state index contributed by atoms with van der Waals surface area (Å²) in [5.74, 6) is -1.11. The van der Waals surface area contributed by atoms with Gasteiger partial charge in [-0.25, -0.2) is 18.4 Å². The molecule has 0 saturated carbocycles. The molecule has 4 rings (SSSR count). The molecule has 0 bridgehead atoms. The lowest BCUT2D eigenvalue weighted by Gasteiger charge is -2.36. The standard InChI is InChI=1S/C24H22F2N4O2/c25-18-11-12-20(26)17(15-18)16-29-13-6-14-30(24(29)32)22-10-5-4-9-21(22)28-23(31)27-19-7-2-1-3-8-19/h1-5,7-12,15H,6,13-14,16H2,(H2,27,28,31). The summed E-state index contributed by atoms with van der Waals surface area (Å²) >= 11 is 0. The van der Waals surface area contributed by atoms with E-state index in [2.05, 4.69) is 10.6 Å². The third-order valence-corrected chi connectivity index (χ3v) is 5.15. The molecule has 1 saturated heterocycles. The van der Waals surface area contributed by atoms with Gasteiger partial charge in [-0.2, -0.15) is 0 Å². The minimum Gasteiger partial charge on any atom is -0.320 e. The second-order valence-corrected chi connectivity index (χ2v) is 7.41. The molecule has 0 atom stereocenters. The maximum atomic E-state index is 14.1. The van der Waals surface area contributed by atoms with Crippen LogP contribution in [0.5, 0.6) is 0 Å². The molecule has 4 amide bonds. The molecule has 3 aromatic rings. The second kappa shape index (κ2) is 9.47. The molecule has 0 aliphatic carbocycles. The van der Waals surface area contributed by atoms with Crippen LogP contribution in [0.3, 0.4) is 0 Å². The molecule has 1 heterocycles. The number of anilines is 3. The lowest BCUT2D eigenvalue weighted by atomic mass is 10.1. The van der Waals surface area contributed by atoms with E-state index in [1.54, 1.807) is 41.3 Å². The Morgan fingerprint density at radius 1 is 0.906 bits per heavy atom. The van der Waals surface area contributed by atoms with Crippen LogP contribution in [0, 0.1) is 11.6 Å². The predicted molar refractivity (Wildman–Crippen MR) is 120 cm³/mol. The van der Waals surface area contributed by atoms with E-state index in [9.17, 15) is 18.4 Å². The number of benzene rings is 3.